The molecule has 0 amide bonds. The molecular weight excluding hydrogens is 300 g/mol. The quantitative estimate of drug-likeness (QED) is 0.776. The molecule has 0 spiro atoms. The van der Waals surface area contributed by atoms with Gasteiger partial charge < -0.3 is 4.90 Å². The molecule has 6 nitrogen and oxygen atoms in total. The summed E-state index contributed by atoms with van der Waals surface area (Å²) < 4.78 is 27.6. The maximum absolute atomic E-state index is 13.0. The van der Waals surface area contributed by atoms with E-state index in [4.69, 9.17) is 0 Å². The van der Waals surface area contributed by atoms with Crippen LogP contribution in [0.5, 0.6) is 0 Å². The first-order valence-corrected chi connectivity index (χ1v) is 9.60. The molecule has 2 N–H and O–H groups in total. The number of hydrogen-bond donors (Lipinski definition) is 1. The van der Waals surface area contributed by atoms with E-state index in [1.165, 1.54) is 4.90 Å². The Morgan fingerprint density at radius 1 is 1.09 bits per heavy atom. The Morgan fingerprint density at radius 3 is 2.45 bits per heavy atom. The molecule has 0 aromatic carbocycles. The number of anilines is 1. The van der Waals surface area contributed by atoms with Crippen LogP contribution in [0.2, 0.25) is 0 Å². The number of likely N-dealkylation sites (N-methyl/N-ethyl adjacent to an activating group) is 1. The summed E-state index contributed by atoms with van der Waals surface area (Å²) in [5.74, 6) is 0.751. The van der Waals surface area contributed by atoms with Gasteiger partial charge in [-0.2, -0.15) is 4.31 Å². The van der Waals surface area contributed by atoms with Gasteiger partial charge in [-0.1, -0.05) is 6.42 Å². The van der Waals surface area contributed by atoms with E-state index in [-0.39, 0.29) is 0 Å². The van der Waals surface area contributed by atoms with Crippen molar-refractivity contribution >= 4 is 15.8 Å². The standard InChI is InChI=1S/C15H24N4O2S/c1-17-10-12-18(13-11-17)15-14(6-5-7-16-15)22(20,21)19-8-3-2-4-9-19/h5-7H,2-4,8-13H2,1H3/p+2. The zero-order valence-electron chi connectivity index (χ0n) is 13.2. The molecule has 0 unspecified atom stereocenters. The van der Waals surface area contributed by atoms with Gasteiger partial charge in [0.1, 0.15) is 26.2 Å². The smallest absolute Gasteiger partial charge is 0.295 e. The van der Waals surface area contributed by atoms with Gasteiger partial charge >= 0.3 is 0 Å². The molecule has 1 aromatic heterocycles. The van der Waals surface area contributed by atoms with Gasteiger partial charge in [0.25, 0.3) is 15.8 Å². The van der Waals surface area contributed by atoms with Crippen LogP contribution in [0.25, 0.3) is 0 Å². The highest BCUT2D eigenvalue weighted by Crippen LogP contribution is 2.25. The summed E-state index contributed by atoms with van der Waals surface area (Å²) in [5, 5.41) is 0. The number of quaternary nitrogens is 1. The van der Waals surface area contributed by atoms with Gasteiger partial charge in [0, 0.05) is 13.1 Å². The highest BCUT2D eigenvalue weighted by molar-refractivity contribution is 7.89. The zero-order chi connectivity index (χ0) is 15.6. The molecule has 2 fully saturated rings. The summed E-state index contributed by atoms with van der Waals surface area (Å²) in [5.41, 5.74) is 0. The second-order valence-electron chi connectivity index (χ2n) is 6.29. The van der Waals surface area contributed by atoms with Crippen molar-refractivity contribution in [2.75, 3.05) is 51.2 Å². The predicted octanol–water partition coefficient (Wildman–Crippen LogP) is -0.990. The van der Waals surface area contributed by atoms with Crippen molar-refractivity contribution in [3.8, 4) is 0 Å². The average Bonchev–Trinajstić information content (AvgIpc) is 2.56. The molecule has 2 aliphatic heterocycles. The lowest BCUT2D eigenvalue weighted by Gasteiger charge is -2.29. The van der Waals surface area contributed by atoms with Crippen LogP contribution in [0.4, 0.5) is 5.82 Å². The molecule has 3 rings (SSSR count). The second-order valence-corrected chi connectivity index (χ2v) is 8.20. The van der Waals surface area contributed by atoms with Crippen molar-refractivity contribution in [2.24, 2.45) is 0 Å². The van der Waals surface area contributed by atoms with Crippen LogP contribution in [0, 0.1) is 0 Å². The van der Waals surface area contributed by atoms with Crippen LogP contribution in [0.1, 0.15) is 19.3 Å². The molecular formula is C15H26N4O2S+2. The van der Waals surface area contributed by atoms with Crippen molar-refractivity contribution < 1.29 is 18.3 Å². The van der Waals surface area contributed by atoms with E-state index in [0.29, 0.717) is 18.0 Å². The molecule has 1 aromatic rings. The highest BCUT2D eigenvalue weighted by Gasteiger charge is 2.35. The van der Waals surface area contributed by atoms with Crippen LogP contribution < -0.4 is 14.8 Å². The van der Waals surface area contributed by atoms with Crippen LogP contribution in [-0.4, -0.2) is 59.0 Å². The third-order valence-electron chi connectivity index (χ3n) is 4.66. The number of nitrogens with zero attached hydrogens (tertiary/aromatic N) is 2. The molecule has 7 heteroatoms. The van der Waals surface area contributed by atoms with Crippen molar-refractivity contribution in [1.29, 1.82) is 0 Å². The summed E-state index contributed by atoms with van der Waals surface area (Å²) in [6.45, 7) is 5.12. The zero-order valence-corrected chi connectivity index (χ0v) is 14.0. The van der Waals surface area contributed by atoms with Crippen LogP contribution in [0.3, 0.4) is 0 Å². The molecule has 3 heterocycles. The minimum Gasteiger partial charge on any atom is -0.331 e. The van der Waals surface area contributed by atoms with Gasteiger partial charge in [0.05, 0.1) is 13.2 Å². The number of nitrogens with one attached hydrogen (secondary N) is 2. The van der Waals surface area contributed by atoms with Crippen molar-refractivity contribution in [3.63, 3.8) is 0 Å². The predicted molar refractivity (Wildman–Crippen MR) is 84.4 cm³/mol. The minimum absolute atomic E-state index is 0.427. The molecule has 0 bridgehead atoms. The number of piperidine rings is 1. The van der Waals surface area contributed by atoms with Gasteiger partial charge in [-0.15, -0.1) is 0 Å². The molecule has 0 aliphatic carbocycles. The number of piperazine rings is 1. The summed E-state index contributed by atoms with van der Waals surface area (Å²) in [4.78, 5) is 7.27. The topological polar surface area (TPSA) is 59.2 Å². The van der Waals surface area contributed by atoms with Crippen molar-refractivity contribution in [2.45, 2.75) is 24.2 Å². The second kappa shape index (κ2) is 6.52. The number of aromatic nitrogens is 1. The highest BCUT2D eigenvalue weighted by atomic mass is 32.2. The fourth-order valence-electron chi connectivity index (χ4n) is 3.22. The summed E-state index contributed by atoms with van der Waals surface area (Å²) in [6, 6.07) is 3.52. The first-order valence-electron chi connectivity index (χ1n) is 8.16. The lowest BCUT2D eigenvalue weighted by molar-refractivity contribution is -0.880. The number of pyridine rings is 1. The number of rotatable bonds is 3. The summed E-state index contributed by atoms with van der Waals surface area (Å²) >= 11 is 0. The van der Waals surface area contributed by atoms with E-state index in [2.05, 4.69) is 16.9 Å². The van der Waals surface area contributed by atoms with Crippen LogP contribution in [-0.2, 0) is 10.0 Å². The third-order valence-corrected chi connectivity index (χ3v) is 6.59. The maximum atomic E-state index is 13.0. The van der Waals surface area contributed by atoms with Gasteiger partial charge in [-0.25, -0.2) is 18.3 Å². The number of H-pyrrole nitrogens is 1. The van der Waals surface area contributed by atoms with Gasteiger partial charge in [0.15, 0.2) is 4.90 Å². The fourth-order valence-corrected chi connectivity index (χ4v) is 4.92. The SMILES string of the molecule is C[NH+]1CCN(c2[nH+]cccc2S(=O)(=O)N2CCCCC2)CC1. The largest absolute Gasteiger partial charge is 0.331 e. The van der Waals surface area contributed by atoms with Gasteiger partial charge in [-0.05, 0) is 25.0 Å². The van der Waals surface area contributed by atoms with E-state index in [1.807, 2.05) is 6.20 Å². The maximum Gasteiger partial charge on any atom is 0.295 e. The Labute approximate surface area is 132 Å². The molecule has 0 saturated carbocycles. The number of sulfonamides is 1. The first kappa shape index (κ1) is 15.7. The molecule has 2 saturated heterocycles. The van der Waals surface area contributed by atoms with Crippen molar-refractivity contribution in [3.05, 3.63) is 18.3 Å². The third kappa shape index (κ3) is 3.11. The molecule has 0 atom stereocenters. The molecule has 22 heavy (non-hydrogen) atoms. The average molecular weight is 326 g/mol. The monoisotopic (exact) mass is 326 g/mol. The fraction of sp³-hybridized carbons (Fsp3) is 0.667. The van der Waals surface area contributed by atoms with Crippen molar-refractivity contribution in [1.82, 2.24) is 4.31 Å². The number of aromatic amines is 1. The minimum atomic E-state index is -3.40. The summed E-state index contributed by atoms with van der Waals surface area (Å²) in [6.07, 6.45) is 4.86. The Balaban J connectivity index is 1.90. The van der Waals surface area contributed by atoms with Gasteiger partial charge in [0.2, 0.25) is 0 Å². The van der Waals surface area contributed by atoms with Gasteiger partial charge in [-0.3, -0.25) is 0 Å². The Kier molecular flexibility index (Phi) is 4.65. The molecule has 2 aliphatic rings. The Hall–Kier alpha value is -1.18. The molecule has 122 valence electrons. The van der Waals surface area contributed by atoms with Crippen LogP contribution in [0.15, 0.2) is 23.2 Å². The van der Waals surface area contributed by atoms with Crippen LogP contribution >= 0.6 is 0 Å². The normalized spacial score (nSPS) is 22.0. The first-order chi connectivity index (χ1) is 10.6. The van der Waals surface area contributed by atoms with E-state index in [0.717, 1.165) is 51.3 Å². The van der Waals surface area contributed by atoms with E-state index < -0.39 is 10.0 Å². The molecule has 0 radical (unpaired) electrons. The van der Waals surface area contributed by atoms with E-state index >= 15 is 0 Å². The number of hydrogen-bond acceptors (Lipinski definition) is 3. The van der Waals surface area contributed by atoms with E-state index in [9.17, 15) is 8.42 Å². The van der Waals surface area contributed by atoms with E-state index in [1.54, 1.807) is 16.4 Å². The Bertz CT molecular complexity index is 606. The lowest BCUT2D eigenvalue weighted by Crippen LogP contribution is -3.12. The Morgan fingerprint density at radius 2 is 1.77 bits per heavy atom. The lowest BCUT2D eigenvalue weighted by atomic mass is 10.2. The summed E-state index contributed by atoms with van der Waals surface area (Å²) in [7, 11) is -1.22.